The van der Waals surface area contributed by atoms with Crippen LogP contribution in [0.1, 0.15) is 41.3 Å². The van der Waals surface area contributed by atoms with E-state index in [1.807, 2.05) is 54.4 Å². The predicted molar refractivity (Wildman–Crippen MR) is 122 cm³/mol. The number of fused-ring (bicyclic) bond motifs is 3. The Bertz CT molecular complexity index is 1190. The molecule has 5 rings (SSSR count). The van der Waals surface area contributed by atoms with Crippen LogP contribution in [0, 0.1) is 6.92 Å². The second kappa shape index (κ2) is 8.27. The monoisotopic (exact) mass is 450 g/mol. The van der Waals surface area contributed by atoms with E-state index in [9.17, 15) is 0 Å². The van der Waals surface area contributed by atoms with Crippen molar-refractivity contribution >= 4 is 5.71 Å². The van der Waals surface area contributed by atoms with Crippen LogP contribution in [0.25, 0.3) is 0 Å². The van der Waals surface area contributed by atoms with E-state index in [1.165, 1.54) is 0 Å². The Labute approximate surface area is 192 Å². The number of ether oxygens (including phenoxy) is 5. The standard InChI is InChI=1S/C25H26N2O6/c1-14-9-10-19(32-14)17-13-18-16-7-6-8-20(28-2)23(16)33-25(27(18)26-17)15-11-21(29-3)24(31-5)22(12-15)30-4/h6-12,18,25H,13H2,1-5H3/t18-,25-/m1/s1. The molecule has 0 unspecified atom stereocenters. The highest BCUT2D eigenvalue weighted by Crippen LogP contribution is 2.52. The highest BCUT2D eigenvalue weighted by molar-refractivity contribution is 5.99. The number of hydrazone groups is 1. The fourth-order valence-electron chi connectivity index (χ4n) is 4.45. The summed E-state index contributed by atoms with van der Waals surface area (Å²) in [6.45, 7) is 1.92. The van der Waals surface area contributed by atoms with Gasteiger partial charge < -0.3 is 28.1 Å². The quantitative estimate of drug-likeness (QED) is 0.531. The van der Waals surface area contributed by atoms with Crippen LogP contribution in [-0.4, -0.2) is 39.2 Å². The summed E-state index contributed by atoms with van der Waals surface area (Å²) in [5.41, 5.74) is 2.69. The van der Waals surface area contributed by atoms with E-state index in [0.29, 0.717) is 35.2 Å². The van der Waals surface area contributed by atoms with Gasteiger partial charge in [0.2, 0.25) is 12.0 Å². The van der Waals surface area contributed by atoms with Gasteiger partial charge in [-0.1, -0.05) is 12.1 Å². The summed E-state index contributed by atoms with van der Waals surface area (Å²) >= 11 is 0. The van der Waals surface area contributed by atoms with Crippen LogP contribution in [0.4, 0.5) is 0 Å². The molecule has 3 heterocycles. The minimum absolute atomic E-state index is 0.0478. The van der Waals surface area contributed by atoms with Crippen LogP contribution in [0.5, 0.6) is 28.7 Å². The number of methoxy groups -OCH3 is 4. The van der Waals surface area contributed by atoms with E-state index in [1.54, 1.807) is 28.4 Å². The Kier molecular flexibility index (Phi) is 5.28. The zero-order valence-electron chi connectivity index (χ0n) is 19.2. The molecule has 8 heteroatoms. The molecule has 0 saturated heterocycles. The van der Waals surface area contributed by atoms with Crippen molar-refractivity contribution in [2.24, 2.45) is 5.10 Å². The number of furan rings is 1. The number of benzene rings is 2. The summed E-state index contributed by atoms with van der Waals surface area (Å²) in [6, 6.07) is 13.5. The summed E-state index contributed by atoms with van der Waals surface area (Å²) < 4.78 is 34.7. The molecule has 0 fully saturated rings. The molecular weight excluding hydrogens is 424 g/mol. The predicted octanol–water partition coefficient (Wildman–Crippen LogP) is 4.86. The fourth-order valence-corrected chi connectivity index (χ4v) is 4.45. The highest BCUT2D eigenvalue weighted by Gasteiger charge is 2.43. The van der Waals surface area contributed by atoms with Crippen molar-refractivity contribution in [3.63, 3.8) is 0 Å². The fraction of sp³-hybridized carbons (Fsp3) is 0.320. The van der Waals surface area contributed by atoms with Gasteiger partial charge >= 0.3 is 0 Å². The third-order valence-electron chi connectivity index (χ3n) is 6.00. The normalized spacial score (nSPS) is 18.7. The van der Waals surface area contributed by atoms with Crippen molar-refractivity contribution in [3.05, 3.63) is 65.1 Å². The molecule has 0 bridgehead atoms. The first kappa shape index (κ1) is 21.1. The first-order chi connectivity index (χ1) is 16.1. The SMILES string of the molecule is COc1cc([C@H]2Oc3c(OC)cccc3[C@H]3CC(c4ccc(C)o4)=NN32)cc(OC)c1OC. The maximum absolute atomic E-state index is 6.53. The van der Waals surface area contributed by atoms with Gasteiger partial charge in [-0.05, 0) is 37.3 Å². The molecule has 2 atom stereocenters. The lowest BCUT2D eigenvalue weighted by atomic mass is 9.97. The van der Waals surface area contributed by atoms with Crippen LogP contribution in [-0.2, 0) is 0 Å². The largest absolute Gasteiger partial charge is 0.493 e. The molecule has 2 aromatic carbocycles. The third-order valence-corrected chi connectivity index (χ3v) is 6.00. The molecule has 33 heavy (non-hydrogen) atoms. The number of nitrogens with zero attached hydrogens (tertiary/aromatic N) is 2. The molecule has 0 aliphatic carbocycles. The average molecular weight is 450 g/mol. The smallest absolute Gasteiger partial charge is 0.214 e. The van der Waals surface area contributed by atoms with Crippen LogP contribution < -0.4 is 23.7 Å². The van der Waals surface area contributed by atoms with Crippen LogP contribution in [0.2, 0.25) is 0 Å². The summed E-state index contributed by atoms with van der Waals surface area (Å²) in [7, 11) is 6.41. The van der Waals surface area contributed by atoms with Crippen molar-refractivity contribution in [3.8, 4) is 28.7 Å². The second-order valence-electron chi connectivity index (χ2n) is 7.86. The topological polar surface area (TPSA) is 74.9 Å². The molecule has 8 nitrogen and oxygen atoms in total. The van der Waals surface area contributed by atoms with Crippen molar-refractivity contribution in [2.45, 2.75) is 25.6 Å². The molecule has 3 aromatic rings. The minimum atomic E-state index is -0.541. The maximum atomic E-state index is 6.53. The zero-order valence-corrected chi connectivity index (χ0v) is 19.2. The molecule has 0 N–H and O–H groups in total. The Balaban J connectivity index is 1.65. The summed E-state index contributed by atoms with van der Waals surface area (Å²) in [5.74, 6) is 4.59. The lowest BCUT2D eigenvalue weighted by Crippen LogP contribution is -2.34. The molecule has 0 radical (unpaired) electrons. The van der Waals surface area contributed by atoms with Crippen molar-refractivity contribution in [1.29, 1.82) is 0 Å². The summed E-state index contributed by atoms with van der Waals surface area (Å²) in [5, 5.41) is 6.90. The molecular formula is C25H26N2O6. The summed E-state index contributed by atoms with van der Waals surface area (Å²) in [6.07, 6.45) is 0.137. The van der Waals surface area contributed by atoms with E-state index < -0.39 is 6.23 Å². The van der Waals surface area contributed by atoms with Crippen molar-refractivity contribution < 1.29 is 28.1 Å². The lowest BCUT2D eigenvalue weighted by molar-refractivity contribution is -0.0211. The minimum Gasteiger partial charge on any atom is -0.493 e. The van der Waals surface area contributed by atoms with Gasteiger partial charge in [0.15, 0.2) is 23.0 Å². The van der Waals surface area contributed by atoms with E-state index >= 15 is 0 Å². The Hall–Kier alpha value is -3.81. The lowest BCUT2D eigenvalue weighted by Gasteiger charge is -2.38. The number of hydrogen-bond acceptors (Lipinski definition) is 8. The van der Waals surface area contributed by atoms with E-state index in [0.717, 1.165) is 28.4 Å². The number of hydrogen-bond donors (Lipinski definition) is 0. The van der Waals surface area contributed by atoms with Crippen LogP contribution in [0.3, 0.4) is 0 Å². The first-order valence-electron chi connectivity index (χ1n) is 10.6. The van der Waals surface area contributed by atoms with Gasteiger partial charge in [-0.2, -0.15) is 5.10 Å². The van der Waals surface area contributed by atoms with Gasteiger partial charge in [-0.25, -0.2) is 5.01 Å². The first-order valence-corrected chi connectivity index (χ1v) is 10.6. The molecule has 0 amide bonds. The molecule has 2 aliphatic heterocycles. The van der Waals surface area contributed by atoms with Crippen molar-refractivity contribution in [2.75, 3.05) is 28.4 Å². The van der Waals surface area contributed by atoms with Crippen LogP contribution >= 0.6 is 0 Å². The zero-order chi connectivity index (χ0) is 23.1. The number of aryl methyl sites for hydroxylation is 1. The van der Waals surface area contributed by atoms with E-state index in [2.05, 4.69) is 0 Å². The Morgan fingerprint density at radius 2 is 1.64 bits per heavy atom. The van der Waals surface area contributed by atoms with Crippen molar-refractivity contribution in [1.82, 2.24) is 5.01 Å². The van der Waals surface area contributed by atoms with Gasteiger partial charge in [-0.3, -0.25) is 0 Å². The highest BCUT2D eigenvalue weighted by atomic mass is 16.5. The molecule has 1 aromatic heterocycles. The van der Waals surface area contributed by atoms with E-state index in [4.69, 9.17) is 33.2 Å². The van der Waals surface area contributed by atoms with Crippen LogP contribution in [0.15, 0.2) is 52.0 Å². The maximum Gasteiger partial charge on any atom is 0.214 e. The third kappa shape index (κ3) is 3.42. The van der Waals surface area contributed by atoms with Gasteiger partial charge in [-0.15, -0.1) is 0 Å². The van der Waals surface area contributed by atoms with E-state index in [-0.39, 0.29) is 6.04 Å². The molecule has 172 valence electrons. The number of rotatable bonds is 6. The molecule has 0 saturated carbocycles. The Morgan fingerprint density at radius 1 is 0.909 bits per heavy atom. The number of para-hydroxylation sites is 1. The molecule has 2 aliphatic rings. The summed E-state index contributed by atoms with van der Waals surface area (Å²) in [4.78, 5) is 0. The van der Waals surface area contributed by atoms with Gasteiger partial charge in [0.1, 0.15) is 17.2 Å². The Morgan fingerprint density at radius 3 is 2.24 bits per heavy atom. The van der Waals surface area contributed by atoms with Gasteiger partial charge in [0.25, 0.3) is 0 Å². The average Bonchev–Trinajstić information content (AvgIpc) is 3.48. The van der Waals surface area contributed by atoms with Gasteiger partial charge in [0, 0.05) is 17.5 Å². The van der Waals surface area contributed by atoms with Gasteiger partial charge in [0.05, 0.1) is 34.5 Å². The second-order valence-corrected chi connectivity index (χ2v) is 7.86. The molecule has 0 spiro atoms.